The summed E-state index contributed by atoms with van der Waals surface area (Å²) in [5.41, 5.74) is 2.23. The SMILES string of the molecule is COc1ccc(C(CC(=O)C(C)C)c2ccc(OC)cc2)cc1. The molecule has 2 aromatic carbocycles. The zero-order valence-electron chi connectivity index (χ0n) is 14.2. The number of hydrogen-bond donors (Lipinski definition) is 0. The number of carbonyl (C=O) groups excluding carboxylic acids is 1. The number of ether oxygens (including phenoxy) is 2. The first-order valence-corrected chi connectivity index (χ1v) is 7.85. The molecule has 2 aromatic rings. The van der Waals surface area contributed by atoms with Crippen LogP contribution in [0.4, 0.5) is 0 Å². The molecule has 0 aliphatic carbocycles. The molecule has 0 fully saturated rings. The van der Waals surface area contributed by atoms with E-state index in [2.05, 4.69) is 0 Å². The maximum atomic E-state index is 12.3. The number of rotatable bonds is 7. The van der Waals surface area contributed by atoms with Crippen LogP contribution in [0.5, 0.6) is 11.5 Å². The maximum absolute atomic E-state index is 12.3. The van der Waals surface area contributed by atoms with Gasteiger partial charge in [0.05, 0.1) is 14.2 Å². The topological polar surface area (TPSA) is 35.5 Å². The largest absolute Gasteiger partial charge is 0.497 e. The van der Waals surface area contributed by atoms with E-state index < -0.39 is 0 Å². The maximum Gasteiger partial charge on any atom is 0.136 e. The van der Waals surface area contributed by atoms with Crippen molar-refractivity contribution in [1.29, 1.82) is 0 Å². The summed E-state index contributed by atoms with van der Waals surface area (Å²) in [6.07, 6.45) is 0.496. The minimum absolute atomic E-state index is 0.0361. The molecule has 0 amide bonds. The van der Waals surface area contributed by atoms with Crippen LogP contribution in [0.25, 0.3) is 0 Å². The van der Waals surface area contributed by atoms with E-state index in [9.17, 15) is 4.79 Å². The average Bonchev–Trinajstić information content (AvgIpc) is 2.59. The Labute approximate surface area is 138 Å². The van der Waals surface area contributed by atoms with Gasteiger partial charge in [-0.05, 0) is 35.4 Å². The molecule has 0 unspecified atom stereocenters. The highest BCUT2D eigenvalue weighted by Crippen LogP contribution is 2.31. The van der Waals surface area contributed by atoms with Gasteiger partial charge in [0.1, 0.15) is 17.3 Å². The van der Waals surface area contributed by atoms with Crippen LogP contribution >= 0.6 is 0 Å². The highest BCUT2D eigenvalue weighted by atomic mass is 16.5. The van der Waals surface area contributed by atoms with Gasteiger partial charge in [-0.2, -0.15) is 0 Å². The average molecular weight is 312 g/mol. The molecular weight excluding hydrogens is 288 g/mol. The Morgan fingerprint density at radius 1 is 0.826 bits per heavy atom. The molecule has 0 bridgehead atoms. The quantitative estimate of drug-likeness (QED) is 0.757. The molecule has 0 saturated carbocycles. The Hall–Kier alpha value is -2.29. The number of benzene rings is 2. The van der Waals surface area contributed by atoms with E-state index in [1.54, 1.807) is 14.2 Å². The molecule has 0 atom stereocenters. The van der Waals surface area contributed by atoms with Gasteiger partial charge in [-0.25, -0.2) is 0 Å². The van der Waals surface area contributed by atoms with Gasteiger partial charge in [0, 0.05) is 18.3 Å². The summed E-state index contributed by atoms with van der Waals surface area (Å²) in [5, 5.41) is 0. The van der Waals surface area contributed by atoms with Crippen molar-refractivity contribution in [1.82, 2.24) is 0 Å². The van der Waals surface area contributed by atoms with Gasteiger partial charge in [0.15, 0.2) is 0 Å². The summed E-state index contributed by atoms with van der Waals surface area (Å²) < 4.78 is 10.4. The zero-order chi connectivity index (χ0) is 16.8. The Morgan fingerprint density at radius 3 is 1.52 bits per heavy atom. The van der Waals surface area contributed by atoms with Gasteiger partial charge in [-0.1, -0.05) is 38.1 Å². The van der Waals surface area contributed by atoms with Gasteiger partial charge in [-0.15, -0.1) is 0 Å². The monoisotopic (exact) mass is 312 g/mol. The Kier molecular flexibility index (Phi) is 5.80. The molecule has 122 valence electrons. The molecular formula is C20H24O3. The van der Waals surface area contributed by atoms with E-state index in [4.69, 9.17) is 9.47 Å². The molecule has 0 N–H and O–H groups in total. The third-order valence-corrected chi connectivity index (χ3v) is 4.09. The van der Waals surface area contributed by atoms with Crippen molar-refractivity contribution in [3.05, 3.63) is 59.7 Å². The van der Waals surface area contributed by atoms with Crippen molar-refractivity contribution in [2.45, 2.75) is 26.2 Å². The Morgan fingerprint density at radius 2 is 1.22 bits per heavy atom. The Balaban J connectivity index is 2.34. The molecule has 3 nitrogen and oxygen atoms in total. The Bertz CT molecular complexity index is 579. The predicted octanol–water partition coefficient (Wildman–Crippen LogP) is 4.45. The lowest BCUT2D eigenvalue weighted by molar-refractivity contribution is -0.122. The first kappa shape index (κ1) is 17.1. The van der Waals surface area contributed by atoms with Crippen LogP contribution in [-0.2, 0) is 4.79 Å². The second-order valence-corrected chi connectivity index (χ2v) is 5.92. The first-order chi connectivity index (χ1) is 11.0. The number of carbonyl (C=O) groups is 1. The molecule has 0 saturated heterocycles. The number of hydrogen-bond acceptors (Lipinski definition) is 3. The van der Waals surface area contributed by atoms with Crippen LogP contribution in [0, 0.1) is 5.92 Å². The van der Waals surface area contributed by atoms with E-state index in [0.717, 1.165) is 22.6 Å². The normalized spacial score (nSPS) is 10.9. The predicted molar refractivity (Wildman–Crippen MR) is 92.3 cm³/mol. The molecule has 0 aliphatic heterocycles. The van der Waals surface area contributed by atoms with Crippen LogP contribution in [0.15, 0.2) is 48.5 Å². The smallest absolute Gasteiger partial charge is 0.136 e. The summed E-state index contributed by atoms with van der Waals surface area (Å²) in [5.74, 6) is 1.98. The molecule has 2 rings (SSSR count). The van der Waals surface area contributed by atoms with Crippen molar-refractivity contribution in [2.24, 2.45) is 5.92 Å². The van der Waals surface area contributed by atoms with E-state index in [1.165, 1.54) is 0 Å². The minimum Gasteiger partial charge on any atom is -0.497 e. The van der Waals surface area contributed by atoms with Crippen LogP contribution in [0.1, 0.15) is 37.3 Å². The minimum atomic E-state index is 0.0361. The number of ketones is 1. The summed E-state index contributed by atoms with van der Waals surface area (Å²) in [6, 6.07) is 15.9. The molecule has 0 aliphatic rings. The van der Waals surface area contributed by atoms with E-state index >= 15 is 0 Å². The van der Waals surface area contributed by atoms with E-state index in [-0.39, 0.29) is 17.6 Å². The lowest BCUT2D eigenvalue weighted by Gasteiger charge is -2.19. The number of Topliss-reactive ketones (excluding diaryl/α,β-unsaturated/α-hetero) is 1. The van der Waals surface area contributed by atoms with Gasteiger partial charge < -0.3 is 9.47 Å². The van der Waals surface area contributed by atoms with Crippen LogP contribution < -0.4 is 9.47 Å². The van der Waals surface area contributed by atoms with E-state index in [0.29, 0.717) is 6.42 Å². The molecule has 3 heteroatoms. The third kappa shape index (κ3) is 4.35. The summed E-state index contributed by atoms with van der Waals surface area (Å²) >= 11 is 0. The van der Waals surface area contributed by atoms with Crippen molar-refractivity contribution >= 4 is 5.78 Å². The van der Waals surface area contributed by atoms with E-state index in [1.807, 2.05) is 62.4 Å². The van der Waals surface area contributed by atoms with Crippen LogP contribution in [-0.4, -0.2) is 20.0 Å². The molecule has 0 aromatic heterocycles. The highest BCUT2D eigenvalue weighted by Gasteiger charge is 2.20. The lowest BCUT2D eigenvalue weighted by Crippen LogP contribution is -2.13. The molecule has 0 heterocycles. The third-order valence-electron chi connectivity index (χ3n) is 4.09. The highest BCUT2D eigenvalue weighted by molar-refractivity contribution is 5.81. The van der Waals surface area contributed by atoms with Crippen molar-refractivity contribution in [3.63, 3.8) is 0 Å². The van der Waals surface area contributed by atoms with Gasteiger partial charge in [-0.3, -0.25) is 4.79 Å². The molecule has 23 heavy (non-hydrogen) atoms. The second-order valence-electron chi connectivity index (χ2n) is 5.92. The summed E-state index contributed by atoms with van der Waals surface area (Å²) in [6.45, 7) is 3.89. The fourth-order valence-electron chi connectivity index (χ4n) is 2.54. The summed E-state index contributed by atoms with van der Waals surface area (Å²) in [4.78, 5) is 12.3. The van der Waals surface area contributed by atoms with Gasteiger partial charge >= 0.3 is 0 Å². The molecule has 0 spiro atoms. The van der Waals surface area contributed by atoms with Crippen LogP contribution in [0.2, 0.25) is 0 Å². The lowest BCUT2D eigenvalue weighted by atomic mass is 9.85. The summed E-state index contributed by atoms with van der Waals surface area (Å²) in [7, 11) is 3.30. The van der Waals surface area contributed by atoms with Crippen LogP contribution in [0.3, 0.4) is 0 Å². The van der Waals surface area contributed by atoms with Crippen molar-refractivity contribution in [2.75, 3.05) is 14.2 Å². The fraction of sp³-hybridized carbons (Fsp3) is 0.350. The first-order valence-electron chi connectivity index (χ1n) is 7.85. The molecule has 0 radical (unpaired) electrons. The van der Waals surface area contributed by atoms with Gasteiger partial charge in [0.25, 0.3) is 0 Å². The fourth-order valence-corrected chi connectivity index (χ4v) is 2.54. The number of methoxy groups -OCH3 is 2. The van der Waals surface area contributed by atoms with Crippen molar-refractivity contribution in [3.8, 4) is 11.5 Å². The second kappa shape index (κ2) is 7.82. The zero-order valence-corrected chi connectivity index (χ0v) is 14.2. The van der Waals surface area contributed by atoms with Gasteiger partial charge in [0.2, 0.25) is 0 Å². The van der Waals surface area contributed by atoms with Crippen molar-refractivity contribution < 1.29 is 14.3 Å². The standard InChI is InChI=1S/C20H24O3/c1-14(2)20(21)13-19(15-5-9-17(22-3)10-6-15)16-7-11-18(23-4)12-8-16/h5-12,14,19H,13H2,1-4H3.